The quantitative estimate of drug-likeness (QED) is 0.920. The smallest absolute Gasteiger partial charge is 0.128 e. The second-order valence-electron chi connectivity index (χ2n) is 4.85. The van der Waals surface area contributed by atoms with Crippen LogP contribution in [0.3, 0.4) is 0 Å². The molecule has 2 nitrogen and oxygen atoms in total. The molecule has 0 fully saturated rings. The van der Waals surface area contributed by atoms with Crippen LogP contribution in [0.15, 0.2) is 40.9 Å². The average Bonchev–Trinajstić information content (AvgIpc) is 2.91. The minimum atomic E-state index is -0.204. The molecular formula is C16H15BrFNO. The first-order valence-electron chi connectivity index (χ1n) is 6.57. The van der Waals surface area contributed by atoms with Crippen LogP contribution in [0.4, 0.5) is 4.39 Å². The summed E-state index contributed by atoms with van der Waals surface area (Å²) in [5.74, 6) is 0.739. The van der Waals surface area contributed by atoms with Gasteiger partial charge in [0.15, 0.2) is 0 Å². The Morgan fingerprint density at radius 2 is 2.10 bits per heavy atom. The summed E-state index contributed by atoms with van der Waals surface area (Å²) in [4.78, 5) is 0. The predicted octanol–water partition coefficient (Wildman–Crippen LogP) is 3.83. The van der Waals surface area contributed by atoms with E-state index in [9.17, 15) is 4.39 Å². The first kappa shape index (κ1) is 13.6. The Labute approximate surface area is 126 Å². The van der Waals surface area contributed by atoms with Crippen LogP contribution in [0, 0.1) is 5.82 Å². The molecule has 1 aliphatic rings. The zero-order valence-electron chi connectivity index (χ0n) is 11.1. The fraction of sp³-hybridized carbons (Fsp3) is 0.250. The summed E-state index contributed by atoms with van der Waals surface area (Å²) < 4.78 is 20.5. The van der Waals surface area contributed by atoms with E-state index in [0.717, 1.165) is 28.8 Å². The van der Waals surface area contributed by atoms with E-state index in [-0.39, 0.29) is 11.9 Å². The minimum absolute atomic E-state index is 0.168. The van der Waals surface area contributed by atoms with Crippen molar-refractivity contribution in [2.45, 2.75) is 12.5 Å². The molecule has 20 heavy (non-hydrogen) atoms. The predicted molar refractivity (Wildman–Crippen MR) is 80.6 cm³/mol. The van der Waals surface area contributed by atoms with Crippen molar-refractivity contribution in [3.8, 4) is 5.75 Å². The van der Waals surface area contributed by atoms with E-state index in [1.807, 2.05) is 25.2 Å². The highest BCUT2D eigenvalue weighted by Crippen LogP contribution is 2.32. The third kappa shape index (κ3) is 2.45. The van der Waals surface area contributed by atoms with Crippen LogP contribution < -0.4 is 10.1 Å². The minimum Gasteiger partial charge on any atom is -0.493 e. The van der Waals surface area contributed by atoms with Gasteiger partial charge in [0.2, 0.25) is 0 Å². The number of rotatable bonds is 3. The van der Waals surface area contributed by atoms with Gasteiger partial charge in [0.1, 0.15) is 11.6 Å². The maximum atomic E-state index is 14.1. The van der Waals surface area contributed by atoms with E-state index in [0.29, 0.717) is 5.56 Å². The van der Waals surface area contributed by atoms with Crippen molar-refractivity contribution in [1.82, 2.24) is 5.32 Å². The van der Waals surface area contributed by atoms with E-state index in [4.69, 9.17) is 4.74 Å². The van der Waals surface area contributed by atoms with Crippen molar-refractivity contribution in [3.63, 3.8) is 0 Å². The summed E-state index contributed by atoms with van der Waals surface area (Å²) in [6, 6.07) is 10.9. The molecule has 0 radical (unpaired) electrons. The molecule has 1 N–H and O–H groups in total. The van der Waals surface area contributed by atoms with Gasteiger partial charge in [-0.05, 0) is 42.4 Å². The lowest BCUT2D eigenvalue weighted by Crippen LogP contribution is -2.19. The third-order valence-corrected chi connectivity index (χ3v) is 4.10. The Kier molecular flexibility index (Phi) is 3.76. The number of benzene rings is 2. The maximum absolute atomic E-state index is 14.1. The molecule has 0 saturated carbocycles. The monoisotopic (exact) mass is 335 g/mol. The molecule has 1 heterocycles. The summed E-state index contributed by atoms with van der Waals surface area (Å²) in [5.41, 5.74) is 2.88. The van der Waals surface area contributed by atoms with Gasteiger partial charge in [-0.1, -0.05) is 28.1 Å². The SMILES string of the molecule is CNC(c1ccc2c(c1)CCO2)c1cc(Br)ccc1F. The van der Waals surface area contributed by atoms with Crippen molar-refractivity contribution >= 4 is 15.9 Å². The van der Waals surface area contributed by atoms with Crippen LogP contribution >= 0.6 is 15.9 Å². The second kappa shape index (κ2) is 5.54. The molecule has 0 spiro atoms. The van der Waals surface area contributed by atoms with Crippen LogP contribution in [0.2, 0.25) is 0 Å². The second-order valence-corrected chi connectivity index (χ2v) is 5.77. The highest BCUT2D eigenvalue weighted by Gasteiger charge is 2.19. The van der Waals surface area contributed by atoms with Crippen LogP contribution in [0.1, 0.15) is 22.7 Å². The summed E-state index contributed by atoms with van der Waals surface area (Å²) in [6.45, 7) is 0.730. The number of nitrogens with one attached hydrogen (secondary N) is 1. The van der Waals surface area contributed by atoms with Gasteiger partial charge in [0.25, 0.3) is 0 Å². The Bertz CT molecular complexity index is 644. The summed E-state index contributed by atoms with van der Waals surface area (Å²) in [5, 5.41) is 3.19. The van der Waals surface area contributed by atoms with Gasteiger partial charge in [0, 0.05) is 16.5 Å². The van der Waals surface area contributed by atoms with Gasteiger partial charge in [0.05, 0.1) is 12.6 Å². The van der Waals surface area contributed by atoms with Crippen LogP contribution in [0.25, 0.3) is 0 Å². The average molecular weight is 336 g/mol. The molecule has 2 aromatic carbocycles. The van der Waals surface area contributed by atoms with Gasteiger partial charge in [-0.25, -0.2) is 4.39 Å². The fourth-order valence-corrected chi connectivity index (χ4v) is 3.00. The Hall–Kier alpha value is -1.39. The fourth-order valence-electron chi connectivity index (χ4n) is 2.62. The standard InChI is InChI=1S/C16H15BrFNO/c1-19-16(13-9-12(17)3-4-14(13)18)11-2-5-15-10(8-11)6-7-20-15/h2-5,8-9,16,19H,6-7H2,1H3. The molecule has 0 saturated heterocycles. The zero-order chi connectivity index (χ0) is 14.1. The molecule has 2 aromatic rings. The Balaban J connectivity index is 2.03. The largest absolute Gasteiger partial charge is 0.493 e. The highest BCUT2D eigenvalue weighted by atomic mass is 79.9. The van der Waals surface area contributed by atoms with E-state index in [2.05, 4.69) is 27.3 Å². The molecule has 0 amide bonds. The lowest BCUT2D eigenvalue weighted by Gasteiger charge is -2.19. The van der Waals surface area contributed by atoms with Gasteiger partial charge in [-0.3, -0.25) is 0 Å². The number of hydrogen-bond donors (Lipinski definition) is 1. The van der Waals surface area contributed by atoms with Gasteiger partial charge in [-0.2, -0.15) is 0 Å². The van der Waals surface area contributed by atoms with Crippen molar-refractivity contribution < 1.29 is 9.13 Å². The molecular weight excluding hydrogens is 321 g/mol. The van der Waals surface area contributed by atoms with Crippen molar-refractivity contribution in [3.05, 3.63) is 63.4 Å². The molecule has 3 rings (SSSR count). The topological polar surface area (TPSA) is 21.3 Å². The third-order valence-electron chi connectivity index (χ3n) is 3.60. The van der Waals surface area contributed by atoms with Crippen LogP contribution in [-0.2, 0) is 6.42 Å². The molecule has 0 bridgehead atoms. The van der Waals surface area contributed by atoms with Crippen molar-refractivity contribution in [1.29, 1.82) is 0 Å². The van der Waals surface area contributed by atoms with Gasteiger partial charge in [-0.15, -0.1) is 0 Å². The van der Waals surface area contributed by atoms with Gasteiger partial charge >= 0.3 is 0 Å². The van der Waals surface area contributed by atoms with Crippen molar-refractivity contribution in [2.24, 2.45) is 0 Å². The molecule has 1 atom stereocenters. The number of hydrogen-bond acceptors (Lipinski definition) is 2. The zero-order valence-corrected chi connectivity index (χ0v) is 12.7. The summed E-state index contributed by atoms with van der Waals surface area (Å²) in [6.07, 6.45) is 0.917. The molecule has 1 aliphatic heterocycles. The molecule has 0 aromatic heterocycles. The number of ether oxygens (including phenoxy) is 1. The summed E-state index contributed by atoms with van der Waals surface area (Å²) >= 11 is 3.40. The molecule has 4 heteroatoms. The lowest BCUT2D eigenvalue weighted by atomic mass is 9.96. The first-order valence-corrected chi connectivity index (χ1v) is 7.36. The van der Waals surface area contributed by atoms with E-state index in [1.54, 1.807) is 6.07 Å². The lowest BCUT2D eigenvalue weighted by molar-refractivity contribution is 0.357. The molecule has 0 aliphatic carbocycles. The highest BCUT2D eigenvalue weighted by molar-refractivity contribution is 9.10. The van der Waals surface area contributed by atoms with Crippen molar-refractivity contribution in [2.75, 3.05) is 13.7 Å². The molecule has 1 unspecified atom stereocenters. The summed E-state index contributed by atoms with van der Waals surface area (Å²) in [7, 11) is 1.84. The number of halogens is 2. The Morgan fingerprint density at radius 3 is 2.90 bits per heavy atom. The Morgan fingerprint density at radius 1 is 1.25 bits per heavy atom. The molecule has 104 valence electrons. The van der Waals surface area contributed by atoms with E-state index < -0.39 is 0 Å². The number of fused-ring (bicyclic) bond motifs is 1. The normalized spacial score (nSPS) is 14.8. The maximum Gasteiger partial charge on any atom is 0.128 e. The van der Waals surface area contributed by atoms with E-state index in [1.165, 1.54) is 11.6 Å². The van der Waals surface area contributed by atoms with Crippen LogP contribution in [0.5, 0.6) is 5.75 Å². The first-order chi connectivity index (χ1) is 9.69. The van der Waals surface area contributed by atoms with Crippen LogP contribution in [-0.4, -0.2) is 13.7 Å². The van der Waals surface area contributed by atoms with E-state index >= 15 is 0 Å². The van der Waals surface area contributed by atoms with Gasteiger partial charge < -0.3 is 10.1 Å².